The first kappa shape index (κ1) is 12.7. The number of hydrogen-bond acceptors (Lipinski definition) is 2. The van der Waals surface area contributed by atoms with Crippen molar-refractivity contribution in [3.63, 3.8) is 0 Å². The molecule has 0 aliphatic carbocycles. The summed E-state index contributed by atoms with van der Waals surface area (Å²) in [6, 6.07) is 10.6. The Morgan fingerprint density at radius 3 is 2.39 bits per heavy atom. The molecule has 1 aromatic heterocycles. The van der Waals surface area contributed by atoms with E-state index in [0.717, 1.165) is 30.8 Å². The van der Waals surface area contributed by atoms with E-state index in [1.807, 2.05) is 14.0 Å². The standard InChI is InChI=1S/C15H21N3/c1-12-14(15(16)18(2)17-12)11-7-6-10-13-8-4-3-5-9-13/h3-5,8-9H,6-7,10-11,16H2,1-2H3. The van der Waals surface area contributed by atoms with Crippen molar-refractivity contribution >= 4 is 5.82 Å². The number of aromatic nitrogens is 2. The minimum absolute atomic E-state index is 0.812. The van der Waals surface area contributed by atoms with Crippen molar-refractivity contribution in [2.24, 2.45) is 7.05 Å². The molecule has 0 amide bonds. The number of nitrogens with zero attached hydrogens (tertiary/aromatic N) is 2. The van der Waals surface area contributed by atoms with Crippen molar-refractivity contribution in [1.82, 2.24) is 9.78 Å². The monoisotopic (exact) mass is 243 g/mol. The molecule has 18 heavy (non-hydrogen) atoms. The zero-order valence-electron chi connectivity index (χ0n) is 11.2. The van der Waals surface area contributed by atoms with Gasteiger partial charge in [-0.2, -0.15) is 5.10 Å². The molecule has 2 N–H and O–H groups in total. The highest BCUT2D eigenvalue weighted by atomic mass is 15.3. The number of nitrogens with two attached hydrogens (primary N) is 1. The molecule has 2 rings (SSSR count). The van der Waals surface area contributed by atoms with Crippen LogP contribution in [0.3, 0.4) is 0 Å². The van der Waals surface area contributed by atoms with Crippen LogP contribution in [0.15, 0.2) is 30.3 Å². The lowest BCUT2D eigenvalue weighted by molar-refractivity contribution is 0.733. The lowest BCUT2D eigenvalue weighted by Crippen LogP contribution is -1.99. The van der Waals surface area contributed by atoms with Crippen molar-refractivity contribution in [3.05, 3.63) is 47.2 Å². The summed E-state index contributed by atoms with van der Waals surface area (Å²) >= 11 is 0. The summed E-state index contributed by atoms with van der Waals surface area (Å²) in [5.41, 5.74) is 9.69. The Kier molecular flexibility index (Phi) is 4.03. The van der Waals surface area contributed by atoms with E-state index >= 15 is 0 Å². The molecule has 3 heteroatoms. The van der Waals surface area contributed by atoms with E-state index in [4.69, 9.17) is 5.73 Å². The van der Waals surface area contributed by atoms with Crippen molar-refractivity contribution in [3.8, 4) is 0 Å². The maximum Gasteiger partial charge on any atom is 0.124 e. The maximum absolute atomic E-state index is 6.00. The predicted octanol–water partition coefficient (Wildman–Crippen LogP) is 2.88. The van der Waals surface area contributed by atoms with Crippen LogP contribution in [-0.2, 0) is 19.9 Å². The number of nitrogen functional groups attached to an aromatic ring is 1. The van der Waals surface area contributed by atoms with E-state index < -0.39 is 0 Å². The first-order valence-electron chi connectivity index (χ1n) is 6.50. The van der Waals surface area contributed by atoms with Crippen LogP contribution < -0.4 is 5.73 Å². The second-order valence-electron chi connectivity index (χ2n) is 4.77. The Balaban J connectivity index is 1.82. The lowest BCUT2D eigenvalue weighted by atomic mass is 10.0. The Bertz CT molecular complexity index is 500. The van der Waals surface area contributed by atoms with Gasteiger partial charge in [-0.15, -0.1) is 0 Å². The first-order chi connectivity index (χ1) is 8.68. The molecule has 1 heterocycles. The van der Waals surface area contributed by atoms with Crippen molar-refractivity contribution in [1.29, 1.82) is 0 Å². The molecule has 96 valence electrons. The maximum atomic E-state index is 6.00. The van der Waals surface area contributed by atoms with Gasteiger partial charge in [0.2, 0.25) is 0 Å². The van der Waals surface area contributed by atoms with Crippen LogP contribution in [-0.4, -0.2) is 9.78 Å². The minimum atomic E-state index is 0.812. The normalized spacial score (nSPS) is 10.8. The van der Waals surface area contributed by atoms with Crippen LogP contribution in [0.5, 0.6) is 0 Å². The van der Waals surface area contributed by atoms with E-state index in [9.17, 15) is 0 Å². The van der Waals surface area contributed by atoms with Crippen LogP contribution in [0.25, 0.3) is 0 Å². The average molecular weight is 243 g/mol. The van der Waals surface area contributed by atoms with Gasteiger partial charge in [0.05, 0.1) is 5.69 Å². The zero-order chi connectivity index (χ0) is 13.0. The number of benzene rings is 1. The fourth-order valence-electron chi connectivity index (χ4n) is 2.30. The second kappa shape index (κ2) is 5.71. The Hall–Kier alpha value is -1.77. The third-order valence-electron chi connectivity index (χ3n) is 3.38. The molecule has 0 atom stereocenters. The number of rotatable bonds is 5. The number of anilines is 1. The quantitative estimate of drug-likeness (QED) is 0.821. The average Bonchev–Trinajstić information content (AvgIpc) is 2.61. The van der Waals surface area contributed by atoms with Crippen LogP contribution in [0.4, 0.5) is 5.82 Å². The Morgan fingerprint density at radius 1 is 1.11 bits per heavy atom. The van der Waals surface area contributed by atoms with E-state index in [-0.39, 0.29) is 0 Å². The van der Waals surface area contributed by atoms with Crippen molar-refractivity contribution < 1.29 is 0 Å². The molecular formula is C15H21N3. The second-order valence-corrected chi connectivity index (χ2v) is 4.77. The van der Waals surface area contributed by atoms with Crippen LogP contribution in [0.1, 0.15) is 29.7 Å². The molecule has 1 aromatic carbocycles. The molecular weight excluding hydrogens is 222 g/mol. The number of unbranched alkanes of at least 4 members (excludes halogenated alkanes) is 1. The summed E-state index contributed by atoms with van der Waals surface area (Å²) in [5, 5.41) is 4.34. The van der Waals surface area contributed by atoms with Gasteiger partial charge < -0.3 is 5.73 Å². The lowest BCUT2D eigenvalue weighted by Gasteiger charge is -2.03. The van der Waals surface area contributed by atoms with Gasteiger partial charge in [-0.25, -0.2) is 0 Å². The van der Waals surface area contributed by atoms with Crippen molar-refractivity contribution in [2.45, 2.75) is 32.6 Å². The highest BCUT2D eigenvalue weighted by Crippen LogP contribution is 2.18. The van der Waals surface area contributed by atoms with E-state index in [1.165, 1.54) is 17.5 Å². The van der Waals surface area contributed by atoms with Gasteiger partial charge in [0, 0.05) is 12.6 Å². The number of aryl methyl sites for hydroxylation is 3. The first-order valence-corrected chi connectivity index (χ1v) is 6.50. The Labute approximate surface area is 109 Å². The van der Waals surface area contributed by atoms with Crippen molar-refractivity contribution in [2.75, 3.05) is 5.73 Å². The van der Waals surface area contributed by atoms with Crippen LogP contribution in [0, 0.1) is 6.92 Å². The molecule has 2 aromatic rings. The van der Waals surface area contributed by atoms with Gasteiger partial charge >= 0.3 is 0 Å². The summed E-state index contributed by atoms with van der Waals surface area (Å²) in [4.78, 5) is 0. The van der Waals surface area contributed by atoms with E-state index in [0.29, 0.717) is 0 Å². The van der Waals surface area contributed by atoms with Gasteiger partial charge in [0.1, 0.15) is 5.82 Å². The third-order valence-corrected chi connectivity index (χ3v) is 3.38. The fourth-order valence-corrected chi connectivity index (χ4v) is 2.30. The Morgan fingerprint density at radius 2 is 1.78 bits per heavy atom. The van der Waals surface area contributed by atoms with E-state index in [2.05, 4.69) is 35.4 Å². The predicted molar refractivity (Wildman–Crippen MR) is 75.4 cm³/mol. The highest BCUT2D eigenvalue weighted by Gasteiger charge is 2.09. The molecule has 0 saturated carbocycles. The molecule has 0 saturated heterocycles. The van der Waals surface area contributed by atoms with Crippen LogP contribution in [0.2, 0.25) is 0 Å². The molecule has 0 radical (unpaired) electrons. The summed E-state index contributed by atoms with van der Waals surface area (Å²) in [5.74, 6) is 0.812. The molecule has 0 aliphatic rings. The van der Waals surface area contributed by atoms with Gasteiger partial charge in [-0.05, 0) is 38.2 Å². The van der Waals surface area contributed by atoms with Crippen LogP contribution >= 0.6 is 0 Å². The zero-order valence-corrected chi connectivity index (χ0v) is 11.2. The molecule has 3 nitrogen and oxygen atoms in total. The van der Waals surface area contributed by atoms with Gasteiger partial charge in [0.25, 0.3) is 0 Å². The summed E-state index contributed by atoms with van der Waals surface area (Å²) in [7, 11) is 1.90. The highest BCUT2D eigenvalue weighted by molar-refractivity contribution is 5.42. The molecule has 0 spiro atoms. The topological polar surface area (TPSA) is 43.8 Å². The van der Waals surface area contributed by atoms with Gasteiger partial charge in [-0.3, -0.25) is 4.68 Å². The molecule has 0 unspecified atom stereocenters. The van der Waals surface area contributed by atoms with Gasteiger partial charge in [-0.1, -0.05) is 30.3 Å². The summed E-state index contributed by atoms with van der Waals surface area (Å²) in [6.07, 6.45) is 4.52. The molecule has 0 bridgehead atoms. The smallest absolute Gasteiger partial charge is 0.124 e. The molecule has 0 fully saturated rings. The van der Waals surface area contributed by atoms with Gasteiger partial charge in [0.15, 0.2) is 0 Å². The summed E-state index contributed by atoms with van der Waals surface area (Å²) in [6.45, 7) is 2.03. The van der Waals surface area contributed by atoms with E-state index in [1.54, 1.807) is 4.68 Å². The molecule has 0 aliphatic heterocycles. The largest absolute Gasteiger partial charge is 0.384 e. The number of hydrogen-bond donors (Lipinski definition) is 1. The fraction of sp³-hybridized carbons (Fsp3) is 0.400. The SMILES string of the molecule is Cc1nn(C)c(N)c1CCCCc1ccccc1. The third kappa shape index (κ3) is 2.92. The minimum Gasteiger partial charge on any atom is -0.384 e. The summed E-state index contributed by atoms with van der Waals surface area (Å²) < 4.78 is 1.77.